The average Bonchev–Trinajstić information content (AvgIpc) is 3.04. The lowest BCUT2D eigenvalue weighted by atomic mass is 10.2. The van der Waals surface area contributed by atoms with Gasteiger partial charge in [0.2, 0.25) is 0 Å². The van der Waals surface area contributed by atoms with Gasteiger partial charge in [-0.3, -0.25) is 14.4 Å². The summed E-state index contributed by atoms with van der Waals surface area (Å²) in [6.45, 7) is 2.47. The predicted molar refractivity (Wildman–Crippen MR) is 89.7 cm³/mol. The third-order valence-corrected chi connectivity index (χ3v) is 4.33. The molecule has 1 aromatic carbocycles. The third-order valence-electron chi connectivity index (χ3n) is 4.00. The molecule has 0 radical (unpaired) electrons. The second-order valence-electron chi connectivity index (χ2n) is 5.72. The van der Waals surface area contributed by atoms with E-state index in [0.717, 1.165) is 17.1 Å². The first-order valence-corrected chi connectivity index (χ1v) is 7.85. The molecule has 1 fully saturated rings. The van der Waals surface area contributed by atoms with Crippen molar-refractivity contribution >= 4 is 29.0 Å². The zero-order chi connectivity index (χ0) is 16.6. The van der Waals surface area contributed by atoms with Gasteiger partial charge in [0.1, 0.15) is 11.9 Å². The Hall–Kier alpha value is -2.05. The van der Waals surface area contributed by atoms with Crippen LogP contribution in [0.5, 0.6) is 0 Å². The van der Waals surface area contributed by atoms with E-state index in [2.05, 4.69) is 10.4 Å². The molecule has 0 unspecified atom stereocenters. The van der Waals surface area contributed by atoms with Gasteiger partial charge in [0.15, 0.2) is 0 Å². The van der Waals surface area contributed by atoms with Gasteiger partial charge in [-0.05, 0) is 31.0 Å². The molecule has 7 heteroatoms. The van der Waals surface area contributed by atoms with Gasteiger partial charge >= 0.3 is 0 Å². The molecule has 0 saturated carbocycles. The monoisotopic (exact) mass is 334 g/mol. The Morgan fingerprint density at radius 2 is 2.22 bits per heavy atom. The number of aliphatic hydroxyl groups is 1. The number of halogens is 1. The number of hydrogen-bond donors (Lipinski definition) is 2. The molecular weight excluding hydrogens is 316 g/mol. The fourth-order valence-electron chi connectivity index (χ4n) is 2.86. The fraction of sp³-hybridized carbons (Fsp3) is 0.375. The van der Waals surface area contributed by atoms with Crippen molar-refractivity contribution in [3.63, 3.8) is 0 Å². The minimum atomic E-state index is -0.336. The molecule has 23 heavy (non-hydrogen) atoms. The van der Waals surface area contributed by atoms with E-state index >= 15 is 0 Å². The minimum Gasteiger partial charge on any atom is -0.392 e. The molecule has 122 valence electrons. The van der Waals surface area contributed by atoms with Crippen molar-refractivity contribution in [2.45, 2.75) is 26.0 Å². The minimum absolute atomic E-state index is 0.00142. The fourth-order valence-corrected chi connectivity index (χ4v) is 3.03. The number of amides is 1. The maximum Gasteiger partial charge on any atom is 0.250 e. The molecule has 1 atom stereocenters. The second kappa shape index (κ2) is 6.22. The van der Waals surface area contributed by atoms with Crippen LogP contribution in [0.1, 0.15) is 17.7 Å². The van der Waals surface area contributed by atoms with Crippen LogP contribution in [0.2, 0.25) is 5.02 Å². The molecule has 0 aliphatic carbocycles. The summed E-state index contributed by atoms with van der Waals surface area (Å²) in [4.78, 5) is 14.4. The summed E-state index contributed by atoms with van der Waals surface area (Å²) in [5.41, 5.74) is 2.30. The van der Waals surface area contributed by atoms with Gasteiger partial charge < -0.3 is 10.4 Å². The molecule has 1 aliphatic rings. The number of carbonyl (C=O) groups excluding carboxylic acids is 1. The van der Waals surface area contributed by atoms with E-state index in [0.29, 0.717) is 23.7 Å². The maximum atomic E-state index is 12.7. The van der Waals surface area contributed by atoms with Crippen LogP contribution in [-0.2, 0) is 18.4 Å². The summed E-state index contributed by atoms with van der Waals surface area (Å²) in [6.07, 6.45) is 0.683. The topological polar surface area (TPSA) is 70.4 Å². The molecule has 6 nitrogen and oxygen atoms in total. The van der Waals surface area contributed by atoms with Crippen molar-refractivity contribution in [2.24, 2.45) is 7.05 Å². The zero-order valence-electron chi connectivity index (χ0n) is 13.1. The Morgan fingerprint density at radius 1 is 1.43 bits per heavy atom. The van der Waals surface area contributed by atoms with Crippen LogP contribution in [0.3, 0.4) is 0 Å². The highest BCUT2D eigenvalue weighted by atomic mass is 35.5. The van der Waals surface area contributed by atoms with Crippen molar-refractivity contribution in [2.75, 3.05) is 16.8 Å². The van der Waals surface area contributed by atoms with Crippen LogP contribution in [0, 0.1) is 6.92 Å². The van der Waals surface area contributed by atoms with Crippen molar-refractivity contribution in [3.8, 4) is 0 Å². The van der Waals surface area contributed by atoms with E-state index in [1.54, 1.807) is 27.8 Å². The van der Waals surface area contributed by atoms with Crippen LogP contribution in [0.15, 0.2) is 24.3 Å². The summed E-state index contributed by atoms with van der Waals surface area (Å²) < 4.78 is 1.72. The highest BCUT2D eigenvalue weighted by Gasteiger charge is 2.34. The van der Waals surface area contributed by atoms with Crippen LogP contribution in [-0.4, -0.2) is 33.4 Å². The zero-order valence-corrected chi connectivity index (χ0v) is 13.8. The van der Waals surface area contributed by atoms with Crippen molar-refractivity contribution in [3.05, 3.63) is 40.5 Å². The summed E-state index contributed by atoms with van der Waals surface area (Å²) in [5, 5.41) is 17.3. The molecule has 3 rings (SSSR count). The van der Waals surface area contributed by atoms with Crippen molar-refractivity contribution < 1.29 is 9.90 Å². The number of benzene rings is 1. The number of nitrogens with one attached hydrogen (secondary N) is 1. The molecule has 2 aromatic rings. The Morgan fingerprint density at radius 3 is 2.87 bits per heavy atom. The SMILES string of the molecule is Cc1cc(N2CC[C@@H](Nc3cc(CO)ccc3Cl)C2=O)n(C)n1. The lowest BCUT2D eigenvalue weighted by Gasteiger charge is -2.18. The molecule has 1 aliphatic heterocycles. The summed E-state index contributed by atoms with van der Waals surface area (Å²) in [6, 6.07) is 6.81. The molecule has 0 spiro atoms. The van der Waals surface area contributed by atoms with Gasteiger partial charge in [0, 0.05) is 19.7 Å². The second-order valence-corrected chi connectivity index (χ2v) is 6.12. The molecule has 1 aromatic heterocycles. The molecule has 1 saturated heterocycles. The lowest BCUT2D eigenvalue weighted by Crippen LogP contribution is -2.34. The number of aromatic nitrogens is 2. The van der Waals surface area contributed by atoms with Gasteiger partial charge in [-0.1, -0.05) is 17.7 Å². The predicted octanol–water partition coefficient (Wildman–Crippen LogP) is 2.09. The lowest BCUT2D eigenvalue weighted by molar-refractivity contribution is -0.117. The molecule has 2 heterocycles. The number of hydrogen-bond acceptors (Lipinski definition) is 4. The van der Waals surface area contributed by atoms with E-state index in [1.165, 1.54) is 0 Å². The third kappa shape index (κ3) is 3.04. The number of rotatable bonds is 4. The Labute approximate surface area is 139 Å². The summed E-state index contributed by atoms with van der Waals surface area (Å²) >= 11 is 6.18. The first kappa shape index (κ1) is 15.8. The standard InChI is InChI=1S/C16H19ClN4O2/c1-10-7-15(20(2)19-10)21-6-5-13(16(21)23)18-14-8-11(9-22)3-4-12(14)17/h3-4,7-8,13,18,22H,5-6,9H2,1-2H3/t13-/m1/s1. The van der Waals surface area contributed by atoms with E-state index in [-0.39, 0.29) is 18.6 Å². The highest BCUT2D eigenvalue weighted by Crippen LogP contribution is 2.28. The number of aliphatic hydroxyl groups excluding tert-OH is 1. The molecule has 1 amide bonds. The number of nitrogens with zero attached hydrogens (tertiary/aromatic N) is 3. The smallest absolute Gasteiger partial charge is 0.250 e. The summed E-state index contributed by atoms with van der Waals surface area (Å²) in [7, 11) is 1.83. The van der Waals surface area contributed by atoms with Crippen LogP contribution in [0.4, 0.5) is 11.5 Å². The van der Waals surface area contributed by atoms with Gasteiger partial charge in [0.05, 0.1) is 23.0 Å². The van der Waals surface area contributed by atoms with Gasteiger partial charge in [-0.2, -0.15) is 5.10 Å². The molecule has 0 bridgehead atoms. The van der Waals surface area contributed by atoms with Gasteiger partial charge in [-0.15, -0.1) is 0 Å². The molecule has 2 N–H and O–H groups in total. The van der Waals surface area contributed by atoms with Gasteiger partial charge in [-0.25, -0.2) is 0 Å². The van der Waals surface area contributed by atoms with E-state index in [4.69, 9.17) is 11.6 Å². The molecular formula is C16H19ClN4O2. The van der Waals surface area contributed by atoms with Crippen molar-refractivity contribution in [1.82, 2.24) is 9.78 Å². The van der Waals surface area contributed by atoms with E-state index in [1.807, 2.05) is 20.0 Å². The normalized spacial score (nSPS) is 17.8. The van der Waals surface area contributed by atoms with Crippen LogP contribution < -0.4 is 10.2 Å². The van der Waals surface area contributed by atoms with E-state index in [9.17, 15) is 9.90 Å². The van der Waals surface area contributed by atoms with Gasteiger partial charge in [0.25, 0.3) is 5.91 Å². The van der Waals surface area contributed by atoms with Crippen LogP contribution in [0.25, 0.3) is 0 Å². The Kier molecular flexibility index (Phi) is 4.28. The number of carbonyl (C=O) groups is 1. The van der Waals surface area contributed by atoms with E-state index < -0.39 is 0 Å². The largest absolute Gasteiger partial charge is 0.392 e. The number of anilines is 2. The van der Waals surface area contributed by atoms with Crippen LogP contribution >= 0.6 is 11.6 Å². The van der Waals surface area contributed by atoms with Crippen molar-refractivity contribution in [1.29, 1.82) is 0 Å². The number of aryl methyl sites for hydroxylation is 2. The maximum absolute atomic E-state index is 12.7. The Balaban J connectivity index is 1.79. The average molecular weight is 335 g/mol. The first-order chi connectivity index (χ1) is 11.0. The summed E-state index contributed by atoms with van der Waals surface area (Å²) in [5.74, 6) is 0.797. The quantitative estimate of drug-likeness (QED) is 0.898. The first-order valence-electron chi connectivity index (χ1n) is 7.47. The highest BCUT2D eigenvalue weighted by molar-refractivity contribution is 6.33. The Bertz CT molecular complexity index is 744.